The fourth-order valence-corrected chi connectivity index (χ4v) is 3.81. The summed E-state index contributed by atoms with van der Waals surface area (Å²) in [6.07, 6.45) is 1.85. The van der Waals surface area contributed by atoms with Crippen LogP contribution in [0.2, 0.25) is 0 Å². The quantitative estimate of drug-likeness (QED) is 0.760. The molecule has 1 aliphatic rings. The summed E-state index contributed by atoms with van der Waals surface area (Å²) in [6, 6.07) is 20.5. The molecule has 5 nitrogen and oxygen atoms in total. The third kappa shape index (κ3) is 2.99. The maximum atomic E-state index is 6.21. The number of aryl methyl sites for hydroxylation is 1. The molecule has 1 aliphatic heterocycles. The van der Waals surface area contributed by atoms with Crippen LogP contribution in [0.3, 0.4) is 0 Å². The highest BCUT2D eigenvalue weighted by atomic mass is 16.5. The van der Waals surface area contributed by atoms with E-state index in [9.17, 15) is 0 Å². The SMILES string of the molecule is COc1ccc(C2(c3ccnc(-c4ccccc4)c3)CN(C)C(N)=N2)cc1C. The third-order valence-electron chi connectivity index (χ3n) is 5.34. The summed E-state index contributed by atoms with van der Waals surface area (Å²) < 4.78 is 5.44. The van der Waals surface area contributed by atoms with Gasteiger partial charge in [0.25, 0.3) is 0 Å². The monoisotopic (exact) mass is 372 g/mol. The first-order valence-corrected chi connectivity index (χ1v) is 9.27. The van der Waals surface area contributed by atoms with Crippen molar-refractivity contribution < 1.29 is 4.74 Å². The molecule has 5 heteroatoms. The van der Waals surface area contributed by atoms with E-state index in [0.29, 0.717) is 12.5 Å². The number of aromatic nitrogens is 1. The molecule has 0 amide bonds. The number of likely N-dealkylation sites (N-methyl/N-ethyl adjacent to an activating group) is 1. The number of nitrogens with zero attached hydrogens (tertiary/aromatic N) is 3. The largest absolute Gasteiger partial charge is 0.496 e. The molecule has 0 aliphatic carbocycles. The Hall–Kier alpha value is -3.34. The molecular formula is C23H24N4O. The fraction of sp³-hybridized carbons (Fsp3) is 0.217. The lowest BCUT2D eigenvalue weighted by Gasteiger charge is -2.29. The number of hydrogen-bond donors (Lipinski definition) is 1. The lowest BCUT2D eigenvalue weighted by atomic mass is 9.82. The maximum absolute atomic E-state index is 6.21. The van der Waals surface area contributed by atoms with Crippen molar-refractivity contribution in [1.82, 2.24) is 9.88 Å². The number of benzene rings is 2. The first kappa shape index (κ1) is 18.0. The molecule has 4 rings (SSSR count). The number of methoxy groups -OCH3 is 1. The van der Waals surface area contributed by atoms with Crippen molar-refractivity contribution in [1.29, 1.82) is 0 Å². The van der Waals surface area contributed by atoms with Gasteiger partial charge in [-0.25, -0.2) is 4.99 Å². The molecule has 2 heterocycles. The summed E-state index contributed by atoms with van der Waals surface area (Å²) in [4.78, 5) is 11.5. The second-order valence-electron chi connectivity index (χ2n) is 7.17. The van der Waals surface area contributed by atoms with E-state index in [1.807, 2.05) is 55.4 Å². The topological polar surface area (TPSA) is 63.7 Å². The normalized spacial score (nSPS) is 18.8. The van der Waals surface area contributed by atoms with Crippen molar-refractivity contribution in [2.45, 2.75) is 12.5 Å². The van der Waals surface area contributed by atoms with Crippen molar-refractivity contribution in [2.75, 3.05) is 20.7 Å². The van der Waals surface area contributed by atoms with Gasteiger partial charge in [-0.2, -0.15) is 0 Å². The van der Waals surface area contributed by atoms with Crippen LogP contribution in [0.5, 0.6) is 5.75 Å². The summed E-state index contributed by atoms with van der Waals surface area (Å²) in [6.45, 7) is 2.71. The molecule has 1 unspecified atom stereocenters. The molecule has 0 fully saturated rings. The number of ether oxygens (including phenoxy) is 1. The van der Waals surface area contributed by atoms with E-state index in [1.165, 1.54) is 0 Å². The molecule has 142 valence electrons. The van der Waals surface area contributed by atoms with Crippen LogP contribution in [0, 0.1) is 6.92 Å². The second-order valence-corrected chi connectivity index (χ2v) is 7.17. The summed E-state index contributed by atoms with van der Waals surface area (Å²) in [5.74, 6) is 1.40. The lowest BCUT2D eigenvalue weighted by Crippen LogP contribution is -2.35. The number of hydrogen-bond acceptors (Lipinski definition) is 5. The van der Waals surface area contributed by atoms with E-state index in [0.717, 1.165) is 33.7 Å². The van der Waals surface area contributed by atoms with Crippen LogP contribution >= 0.6 is 0 Å². The van der Waals surface area contributed by atoms with Gasteiger partial charge in [-0.1, -0.05) is 36.4 Å². The summed E-state index contributed by atoms with van der Waals surface area (Å²) in [5.41, 5.74) is 10.8. The Morgan fingerprint density at radius 3 is 2.43 bits per heavy atom. The molecule has 0 saturated carbocycles. The number of nitrogens with two attached hydrogens (primary N) is 1. The first-order valence-electron chi connectivity index (χ1n) is 9.27. The predicted molar refractivity (Wildman–Crippen MR) is 112 cm³/mol. The Labute approximate surface area is 165 Å². The zero-order chi connectivity index (χ0) is 19.7. The van der Waals surface area contributed by atoms with E-state index in [2.05, 4.69) is 35.3 Å². The van der Waals surface area contributed by atoms with Gasteiger partial charge in [0.1, 0.15) is 11.3 Å². The minimum Gasteiger partial charge on any atom is -0.496 e. The van der Waals surface area contributed by atoms with Crippen LogP contribution in [-0.4, -0.2) is 36.5 Å². The molecule has 1 aromatic heterocycles. The van der Waals surface area contributed by atoms with Gasteiger partial charge in [-0.05, 0) is 47.9 Å². The highest BCUT2D eigenvalue weighted by Crippen LogP contribution is 2.40. The summed E-state index contributed by atoms with van der Waals surface area (Å²) in [5, 5.41) is 0. The minimum absolute atomic E-state index is 0.534. The Morgan fingerprint density at radius 2 is 1.79 bits per heavy atom. The van der Waals surface area contributed by atoms with Crippen molar-refractivity contribution in [2.24, 2.45) is 10.7 Å². The average molecular weight is 372 g/mol. The maximum Gasteiger partial charge on any atom is 0.192 e. The van der Waals surface area contributed by atoms with E-state index in [-0.39, 0.29) is 0 Å². The van der Waals surface area contributed by atoms with Gasteiger partial charge in [0.05, 0.1) is 19.3 Å². The van der Waals surface area contributed by atoms with Crippen LogP contribution < -0.4 is 10.5 Å². The van der Waals surface area contributed by atoms with Crippen LogP contribution in [0.25, 0.3) is 11.3 Å². The first-order chi connectivity index (χ1) is 13.5. The molecule has 28 heavy (non-hydrogen) atoms. The van der Waals surface area contributed by atoms with E-state index in [1.54, 1.807) is 7.11 Å². The van der Waals surface area contributed by atoms with E-state index >= 15 is 0 Å². The number of aliphatic imine (C=N–C) groups is 1. The van der Waals surface area contributed by atoms with Crippen LogP contribution in [0.15, 0.2) is 71.9 Å². The minimum atomic E-state index is -0.581. The third-order valence-corrected chi connectivity index (χ3v) is 5.34. The standard InChI is InChI=1S/C23H24N4O/c1-16-13-18(9-10-21(16)28-3)23(15-27(2)22(24)26-23)19-11-12-25-20(14-19)17-7-5-4-6-8-17/h4-14H,15H2,1-3H3,(H2,24,26). The number of rotatable bonds is 4. The molecule has 2 N–H and O–H groups in total. The highest BCUT2D eigenvalue weighted by Gasteiger charge is 2.41. The van der Waals surface area contributed by atoms with Crippen molar-refractivity contribution in [3.8, 4) is 17.0 Å². The Balaban J connectivity index is 1.88. The van der Waals surface area contributed by atoms with E-state index in [4.69, 9.17) is 15.5 Å². The highest BCUT2D eigenvalue weighted by molar-refractivity contribution is 5.81. The summed E-state index contributed by atoms with van der Waals surface area (Å²) >= 11 is 0. The molecule has 1 atom stereocenters. The van der Waals surface area contributed by atoms with Gasteiger partial charge in [0.15, 0.2) is 5.96 Å². The van der Waals surface area contributed by atoms with Gasteiger partial charge in [0, 0.05) is 18.8 Å². The molecule has 0 saturated heterocycles. The van der Waals surface area contributed by atoms with Crippen LogP contribution in [0.4, 0.5) is 0 Å². The molecule has 3 aromatic rings. The van der Waals surface area contributed by atoms with Crippen LogP contribution in [0.1, 0.15) is 16.7 Å². The zero-order valence-corrected chi connectivity index (χ0v) is 16.4. The average Bonchev–Trinajstić information content (AvgIpc) is 3.04. The van der Waals surface area contributed by atoms with E-state index < -0.39 is 5.54 Å². The molecule has 0 spiro atoms. The number of guanidine groups is 1. The molecule has 0 bridgehead atoms. The van der Waals surface area contributed by atoms with Crippen molar-refractivity contribution in [3.63, 3.8) is 0 Å². The van der Waals surface area contributed by atoms with Crippen molar-refractivity contribution >= 4 is 5.96 Å². The molecule has 2 aromatic carbocycles. The Bertz CT molecular complexity index is 1030. The Morgan fingerprint density at radius 1 is 1.04 bits per heavy atom. The second kappa shape index (κ2) is 7.00. The van der Waals surface area contributed by atoms with Crippen molar-refractivity contribution in [3.05, 3.63) is 83.6 Å². The summed E-state index contributed by atoms with van der Waals surface area (Å²) in [7, 11) is 3.66. The molecular weight excluding hydrogens is 348 g/mol. The fourth-order valence-electron chi connectivity index (χ4n) is 3.81. The predicted octanol–water partition coefficient (Wildman–Crippen LogP) is 3.57. The zero-order valence-electron chi connectivity index (χ0n) is 16.4. The lowest BCUT2D eigenvalue weighted by molar-refractivity contribution is 0.409. The smallest absolute Gasteiger partial charge is 0.192 e. The Kier molecular flexibility index (Phi) is 4.51. The van der Waals surface area contributed by atoms with Gasteiger partial charge >= 0.3 is 0 Å². The van der Waals surface area contributed by atoms with Gasteiger partial charge in [-0.15, -0.1) is 0 Å². The number of pyridine rings is 1. The van der Waals surface area contributed by atoms with Gasteiger partial charge in [0.2, 0.25) is 0 Å². The van der Waals surface area contributed by atoms with Gasteiger partial charge in [-0.3, -0.25) is 4.98 Å². The van der Waals surface area contributed by atoms with Gasteiger partial charge < -0.3 is 15.4 Å². The molecule has 0 radical (unpaired) electrons. The van der Waals surface area contributed by atoms with Crippen LogP contribution in [-0.2, 0) is 5.54 Å².